The molecule has 0 N–H and O–H groups in total. The zero-order valence-corrected chi connectivity index (χ0v) is 20.1. The van der Waals surface area contributed by atoms with Crippen molar-refractivity contribution in [3.05, 3.63) is 88.1 Å². The molecule has 1 aliphatic rings. The first-order valence-electron chi connectivity index (χ1n) is 10.7. The number of benzene rings is 2. The van der Waals surface area contributed by atoms with Crippen molar-refractivity contribution in [2.45, 2.75) is 24.2 Å². The van der Waals surface area contributed by atoms with Crippen molar-refractivity contribution in [1.29, 1.82) is 0 Å². The maximum absolute atomic E-state index is 13.4. The summed E-state index contributed by atoms with van der Waals surface area (Å²) in [5, 5.41) is 20.9. The molecule has 0 fully saturated rings. The van der Waals surface area contributed by atoms with E-state index in [0.717, 1.165) is 27.5 Å². The van der Waals surface area contributed by atoms with Gasteiger partial charge in [-0.05, 0) is 45.1 Å². The number of hydrogen-bond acceptors (Lipinski definition) is 8. The fraction of sp³-hybridized carbons (Fsp3) is 0.208. The Morgan fingerprint density at radius 2 is 1.94 bits per heavy atom. The Hall–Kier alpha value is -3.50. The molecule has 0 aliphatic carbocycles. The first-order chi connectivity index (χ1) is 16.7. The summed E-state index contributed by atoms with van der Waals surface area (Å²) in [7, 11) is 1.64. The van der Waals surface area contributed by atoms with Crippen LogP contribution in [0.25, 0.3) is 0 Å². The third kappa shape index (κ3) is 4.87. The maximum atomic E-state index is 13.4. The number of amides is 1. The number of carbonyl (C=O) groups excluding carboxylic acids is 1. The van der Waals surface area contributed by atoms with Crippen molar-refractivity contribution in [3.8, 4) is 5.75 Å². The third-order valence-electron chi connectivity index (χ3n) is 5.48. The first-order valence-corrected chi connectivity index (χ1v) is 12.6. The Morgan fingerprint density at radius 1 is 1.12 bits per heavy atom. The van der Waals surface area contributed by atoms with Crippen LogP contribution in [0.4, 0.5) is 0 Å². The molecule has 10 heteroatoms. The summed E-state index contributed by atoms with van der Waals surface area (Å²) >= 11 is 2.97. The fourth-order valence-electron chi connectivity index (χ4n) is 3.77. The van der Waals surface area contributed by atoms with E-state index in [1.54, 1.807) is 28.1 Å². The Bertz CT molecular complexity index is 1270. The zero-order chi connectivity index (χ0) is 23.3. The lowest BCUT2D eigenvalue weighted by molar-refractivity contribution is -0.130. The molecule has 5 rings (SSSR count). The highest BCUT2D eigenvalue weighted by Crippen LogP contribution is 2.34. The van der Waals surface area contributed by atoms with Gasteiger partial charge in [0.1, 0.15) is 5.75 Å². The van der Waals surface area contributed by atoms with Crippen LogP contribution in [-0.4, -0.2) is 49.7 Å². The van der Waals surface area contributed by atoms with Gasteiger partial charge in [0.05, 0.1) is 31.2 Å². The second kappa shape index (κ2) is 10.2. The van der Waals surface area contributed by atoms with E-state index in [-0.39, 0.29) is 17.7 Å². The van der Waals surface area contributed by atoms with Gasteiger partial charge >= 0.3 is 0 Å². The Labute approximate surface area is 205 Å². The number of hydrogen-bond donors (Lipinski definition) is 0. The number of tetrazole rings is 1. The molecule has 0 radical (unpaired) electrons. The minimum absolute atomic E-state index is 0.0950. The van der Waals surface area contributed by atoms with Gasteiger partial charge in [0.25, 0.3) is 5.91 Å². The lowest BCUT2D eigenvalue weighted by Gasteiger charge is -2.22. The van der Waals surface area contributed by atoms with E-state index in [1.165, 1.54) is 11.8 Å². The van der Waals surface area contributed by atoms with Gasteiger partial charge in [-0.3, -0.25) is 4.79 Å². The molecule has 1 amide bonds. The molecule has 0 unspecified atom stereocenters. The molecule has 0 spiro atoms. The molecular weight excluding hydrogens is 468 g/mol. The standard InChI is InChI=1S/C24H22N6O2S2/c1-32-19-11-9-18(10-12-19)22-14-21(17-6-3-2-4-7-17)26-30(22)23(31)16-34-24-25-27-28-29(24)15-20-8-5-13-33-20/h2-13,22H,14-16H2,1H3/t22-/m1/s1. The lowest BCUT2D eigenvalue weighted by Crippen LogP contribution is -2.28. The summed E-state index contributed by atoms with van der Waals surface area (Å²) in [5.41, 5.74) is 2.92. The monoisotopic (exact) mass is 490 g/mol. The van der Waals surface area contributed by atoms with E-state index in [2.05, 4.69) is 15.5 Å². The normalized spacial score (nSPS) is 15.4. The van der Waals surface area contributed by atoms with Gasteiger partial charge in [-0.15, -0.1) is 16.4 Å². The van der Waals surface area contributed by atoms with E-state index < -0.39 is 0 Å². The van der Waals surface area contributed by atoms with Crippen molar-refractivity contribution >= 4 is 34.7 Å². The van der Waals surface area contributed by atoms with Gasteiger partial charge in [-0.1, -0.05) is 60.3 Å². The number of nitrogens with zero attached hydrogens (tertiary/aromatic N) is 6. The van der Waals surface area contributed by atoms with Gasteiger partial charge in [-0.25, -0.2) is 9.69 Å². The van der Waals surface area contributed by atoms with Crippen LogP contribution in [0, 0.1) is 0 Å². The predicted octanol–water partition coefficient (Wildman–Crippen LogP) is 4.26. The first kappa shape index (κ1) is 22.3. The van der Waals surface area contributed by atoms with Crippen LogP contribution in [-0.2, 0) is 11.3 Å². The van der Waals surface area contributed by atoms with Gasteiger partial charge in [0, 0.05) is 11.3 Å². The van der Waals surface area contributed by atoms with Crippen LogP contribution in [0.1, 0.15) is 28.5 Å². The average Bonchev–Trinajstić information content (AvgIpc) is 3.65. The smallest absolute Gasteiger partial charge is 0.253 e. The summed E-state index contributed by atoms with van der Waals surface area (Å²) in [6.07, 6.45) is 0.642. The fourth-order valence-corrected chi connectivity index (χ4v) is 5.19. The van der Waals surface area contributed by atoms with Crippen molar-refractivity contribution in [1.82, 2.24) is 25.2 Å². The average molecular weight is 491 g/mol. The zero-order valence-electron chi connectivity index (χ0n) is 18.4. The van der Waals surface area contributed by atoms with Crippen LogP contribution in [0.2, 0.25) is 0 Å². The van der Waals surface area contributed by atoms with Crippen molar-refractivity contribution < 1.29 is 9.53 Å². The SMILES string of the molecule is COc1ccc([C@H]2CC(c3ccccc3)=NN2C(=O)CSc2nnnn2Cc2cccs2)cc1. The van der Waals surface area contributed by atoms with Gasteiger partial charge in [0.2, 0.25) is 5.16 Å². The number of ether oxygens (including phenoxy) is 1. The predicted molar refractivity (Wildman–Crippen MR) is 132 cm³/mol. The second-order valence-corrected chi connectivity index (χ2v) is 9.61. The highest BCUT2D eigenvalue weighted by atomic mass is 32.2. The number of hydrazone groups is 1. The Morgan fingerprint density at radius 3 is 2.68 bits per heavy atom. The molecule has 8 nitrogen and oxygen atoms in total. The number of methoxy groups -OCH3 is 1. The van der Waals surface area contributed by atoms with Gasteiger partial charge in [0.15, 0.2) is 0 Å². The molecule has 2 aromatic heterocycles. The Balaban J connectivity index is 1.34. The summed E-state index contributed by atoms with van der Waals surface area (Å²) in [6.45, 7) is 0.579. The molecule has 0 bridgehead atoms. The van der Waals surface area contributed by atoms with Crippen molar-refractivity contribution in [2.75, 3.05) is 12.9 Å². The van der Waals surface area contributed by atoms with Crippen LogP contribution in [0.5, 0.6) is 5.75 Å². The van der Waals surface area contributed by atoms with Crippen LogP contribution < -0.4 is 4.74 Å². The summed E-state index contributed by atoms with van der Waals surface area (Å²) in [6, 6.07) is 21.6. The minimum Gasteiger partial charge on any atom is -0.497 e. The van der Waals surface area contributed by atoms with E-state index in [1.807, 2.05) is 72.1 Å². The molecule has 3 heterocycles. The van der Waals surface area contributed by atoms with E-state index in [0.29, 0.717) is 18.1 Å². The number of aromatic nitrogens is 4. The van der Waals surface area contributed by atoms with Crippen molar-refractivity contribution in [2.24, 2.45) is 5.10 Å². The number of rotatable bonds is 8. The maximum Gasteiger partial charge on any atom is 0.253 e. The molecule has 4 aromatic rings. The van der Waals surface area contributed by atoms with Crippen molar-refractivity contribution in [3.63, 3.8) is 0 Å². The number of carbonyl (C=O) groups is 1. The minimum atomic E-state index is -0.184. The second-order valence-electron chi connectivity index (χ2n) is 7.63. The number of thiophene rings is 1. The third-order valence-corrected chi connectivity index (χ3v) is 7.29. The highest BCUT2D eigenvalue weighted by molar-refractivity contribution is 7.99. The van der Waals surface area contributed by atoms with E-state index >= 15 is 0 Å². The molecule has 172 valence electrons. The quantitative estimate of drug-likeness (QED) is 0.343. The van der Waals surface area contributed by atoms with Crippen LogP contribution in [0.3, 0.4) is 0 Å². The van der Waals surface area contributed by atoms with Crippen LogP contribution in [0.15, 0.2) is 82.4 Å². The summed E-state index contributed by atoms with van der Waals surface area (Å²) < 4.78 is 7.01. The highest BCUT2D eigenvalue weighted by Gasteiger charge is 2.33. The topological polar surface area (TPSA) is 85.5 Å². The summed E-state index contributed by atoms with van der Waals surface area (Å²) in [4.78, 5) is 14.5. The largest absolute Gasteiger partial charge is 0.497 e. The molecule has 1 atom stereocenters. The van der Waals surface area contributed by atoms with E-state index in [9.17, 15) is 4.79 Å². The summed E-state index contributed by atoms with van der Waals surface area (Å²) in [5.74, 6) is 0.864. The Kier molecular flexibility index (Phi) is 6.68. The molecule has 0 saturated heterocycles. The molecule has 2 aromatic carbocycles. The molecular formula is C24H22N6O2S2. The molecule has 1 aliphatic heterocycles. The molecule has 34 heavy (non-hydrogen) atoms. The van der Waals surface area contributed by atoms with E-state index in [4.69, 9.17) is 9.84 Å². The van der Waals surface area contributed by atoms with Gasteiger partial charge in [-0.2, -0.15) is 5.10 Å². The number of thioether (sulfide) groups is 1. The molecule has 0 saturated carbocycles. The lowest BCUT2D eigenvalue weighted by atomic mass is 9.98. The van der Waals surface area contributed by atoms with Crippen LogP contribution >= 0.6 is 23.1 Å². The van der Waals surface area contributed by atoms with Gasteiger partial charge < -0.3 is 4.74 Å².